The molecule has 0 saturated carbocycles. The maximum Gasteiger partial charge on any atom is 0.454 e. The Morgan fingerprint density at radius 3 is 2.74 bits per heavy atom. The minimum Gasteiger partial charge on any atom is -0.493 e. The van der Waals surface area contributed by atoms with Crippen LogP contribution in [0.5, 0.6) is 11.5 Å². The highest BCUT2D eigenvalue weighted by atomic mass is 16.5. The first-order valence-electron chi connectivity index (χ1n) is 9.12. The van der Waals surface area contributed by atoms with Crippen molar-refractivity contribution in [2.45, 2.75) is 32.2 Å². The van der Waals surface area contributed by atoms with Crippen LogP contribution in [0.15, 0.2) is 24.3 Å². The Bertz CT molecular complexity index is 774. The van der Waals surface area contributed by atoms with Crippen LogP contribution in [0, 0.1) is 0 Å². The molecule has 1 atom stereocenters. The zero-order valence-electron chi connectivity index (χ0n) is 16.0. The number of benzene rings is 1. The molecule has 1 N–H and O–H groups in total. The summed E-state index contributed by atoms with van der Waals surface area (Å²) in [6.45, 7) is 3.48. The fraction of sp³-hybridized carbons (Fsp3) is 0.474. The molecule has 2 heterocycles. The number of nitrogens with zero attached hydrogens (tertiary/aromatic N) is 2. The van der Waals surface area contributed by atoms with E-state index in [9.17, 15) is 5.02 Å². The van der Waals surface area contributed by atoms with Gasteiger partial charge in [-0.2, -0.15) is 0 Å². The lowest BCUT2D eigenvalue weighted by Gasteiger charge is -2.14. The van der Waals surface area contributed by atoms with Gasteiger partial charge in [-0.05, 0) is 37.0 Å². The van der Waals surface area contributed by atoms with Crippen LogP contribution >= 0.6 is 0 Å². The van der Waals surface area contributed by atoms with E-state index in [1.54, 1.807) is 14.2 Å². The molecule has 144 valence electrons. The number of hydrogen-bond donors (Lipinski definition) is 1. The molecule has 3 rings (SSSR count). The Kier molecular flexibility index (Phi) is 6.66. The van der Waals surface area contributed by atoms with Crippen molar-refractivity contribution in [1.29, 1.82) is 0 Å². The van der Waals surface area contributed by atoms with Crippen molar-refractivity contribution in [1.82, 2.24) is 9.97 Å². The average Bonchev–Trinajstić information content (AvgIpc) is 3.12. The van der Waals surface area contributed by atoms with E-state index in [0.29, 0.717) is 43.5 Å². The molecule has 0 spiro atoms. The monoisotopic (exact) mass is 372 g/mol. The lowest BCUT2D eigenvalue weighted by atomic mass is 9.81. The van der Waals surface area contributed by atoms with Gasteiger partial charge < -0.3 is 23.9 Å². The molecular weight excluding hydrogens is 347 g/mol. The first-order valence-corrected chi connectivity index (χ1v) is 9.12. The summed E-state index contributed by atoms with van der Waals surface area (Å²) >= 11 is 0. The second kappa shape index (κ2) is 9.17. The van der Waals surface area contributed by atoms with Crippen LogP contribution in [0.4, 0.5) is 0 Å². The molecule has 1 aromatic carbocycles. The van der Waals surface area contributed by atoms with Crippen molar-refractivity contribution < 1.29 is 23.9 Å². The number of rotatable bonds is 8. The van der Waals surface area contributed by atoms with Crippen molar-refractivity contribution in [3.05, 3.63) is 35.7 Å². The molecule has 2 aromatic rings. The summed E-state index contributed by atoms with van der Waals surface area (Å²) in [5.41, 5.74) is 2.46. The minimum atomic E-state index is -0.741. The van der Waals surface area contributed by atoms with Crippen molar-refractivity contribution >= 4 is 7.12 Å². The van der Waals surface area contributed by atoms with E-state index in [2.05, 4.69) is 11.9 Å². The van der Waals surface area contributed by atoms with Gasteiger partial charge in [-0.25, -0.2) is 9.97 Å². The Balaban J connectivity index is 1.98. The van der Waals surface area contributed by atoms with Crippen LogP contribution in [-0.4, -0.2) is 49.5 Å². The largest absolute Gasteiger partial charge is 0.493 e. The highest BCUT2D eigenvalue weighted by molar-refractivity contribution is 6.43. The molecule has 1 aliphatic rings. The maximum atomic E-state index is 9.68. The molecule has 7 nitrogen and oxygen atoms in total. The highest BCUT2D eigenvalue weighted by Crippen LogP contribution is 2.33. The SMILES string of the molecule is CCCOc1cc(-c2nc(COC)cc(C3COB(O)C3)n2)ccc1OC. The summed E-state index contributed by atoms with van der Waals surface area (Å²) in [6, 6.07) is 7.57. The fourth-order valence-corrected chi connectivity index (χ4v) is 3.03. The van der Waals surface area contributed by atoms with E-state index in [1.165, 1.54) is 0 Å². The highest BCUT2D eigenvalue weighted by Gasteiger charge is 2.31. The van der Waals surface area contributed by atoms with E-state index in [1.807, 2.05) is 24.3 Å². The van der Waals surface area contributed by atoms with E-state index in [4.69, 9.17) is 23.8 Å². The van der Waals surface area contributed by atoms with Gasteiger partial charge in [0.25, 0.3) is 0 Å². The van der Waals surface area contributed by atoms with Gasteiger partial charge in [-0.1, -0.05) is 6.92 Å². The van der Waals surface area contributed by atoms with Crippen molar-refractivity contribution in [3.63, 3.8) is 0 Å². The standard InChI is InChI=1S/C19H25BN2O5/c1-4-7-26-18-8-13(5-6-17(18)25-3)19-21-15(12-24-2)9-16(22-19)14-10-20(23)27-11-14/h5-6,8-9,14,23H,4,7,10-12H2,1-3H3. The van der Waals surface area contributed by atoms with Gasteiger partial charge in [0.1, 0.15) is 0 Å². The third kappa shape index (κ3) is 4.77. The van der Waals surface area contributed by atoms with Crippen LogP contribution in [0.1, 0.15) is 30.7 Å². The van der Waals surface area contributed by atoms with Crippen LogP contribution < -0.4 is 9.47 Å². The van der Waals surface area contributed by atoms with Crippen LogP contribution in [0.25, 0.3) is 11.4 Å². The quantitative estimate of drug-likeness (QED) is 0.714. The second-order valence-corrected chi connectivity index (χ2v) is 6.48. The van der Waals surface area contributed by atoms with Gasteiger partial charge in [-0.3, -0.25) is 0 Å². The smallest absolute Gasteiger partial charge is 0.454 e. The van der Waals surface area contributed by atoms with Gasteiger partial charge in [-0.15, -0.1) is 0 Å². The minimum absolute atomic E-state index is 0.0337. The summed E-state index contributed by atoms with van der Waals surface area (Å²) < 4.78 is 21.7. The van der Waals surface area contributed by atoms with E-state index in [-0.39, 0.29) is 5.92 Å². The molecular formula is C19H25BN2O5. The van der Waals surface area contributed by atoms with E-state index >= 15 is 0 Å². The van der Waals surface area contributed by atoms with Crippen LogP contribution in [0.3, 0.4) is 0 Å². The van der Waals surface area contributed by atoms with Gasteiger partial charge in [0.05, 0.1) is 26.0 Å². The van der Waals surface area contributed by atoms with Gasteiger partial charge in [0.15, 0.2) is 17.3 Å². The molecule has 1 aromatic heterocycles. The van der Waals surface area contributed by atoms with Gasteiger partial charge in [0.2, 0.25) is 0 Å². The third-order valence-electron chi connectivity index (χ3n) is 4.37. The molecule has 0 amide bonds. The Labute approximate surface area is 159 Å². The molecule has 27 heavy (non-hydrogen) atoms. The number of hydrogen-bond acceptors (Lipinski definition) is 7. The topological polar surface area (TPSA) is 82.9 Å². The third-order valence-corrected chi connectivity index (χ3v) is 4.37. The van der Waals surface area contributed by atoms with Crippen LogP contribution in [0.2, 0.25) is 6.32 Å². The normalized spacial score (nSPS) is 16.6. The van der Waals surface area contributed by atoms with Gasteiger partial charge >= 0.3 is 7.12 Å². The predicted molar refractivity (Wildman–Crippen MR) is 102 cm³/mol. The Hall–Kier alpha value is -2.16. The predicted octanol–water partition coefficient (Wildman–Crippen LogP) is 2.68. The second-order valence-electron chi connectivity index (χ2n) is 6.48. The Morgan fingerprint density at radius 2 is 2.07 bits per heavy atom. The number of ether oxygens (including phenoxy) is 3. The molecule has 1 fully saturated rings. The molecule has 0 radical (unpaired) electrons. The summed E-state index contributed by atoms with van der Waals surface area (Å²) in [5, 5.41) is 9.68. The molecule has 8 heteroatoms. The Morgan fingerprint density at radius 1 is 1.22 bits per heavy atom. The summed E-state index contributed by atoms with van der Waals surface area (Å²) in [5.74, 6) is 1.96. The molecule has 1 unspecified atom stereocenters. The molecule has 0 aliphatic carbocycles. The fourth-order valence-electron chi connectivity index (χ4n) is 3.03. The van der Waals surface area contributed by atoms with Crippen LogP contribution in [-0.2, 0) is 16.0 Å². The van der Waals surface area contributed by atoms with E-state index in [0.717, 1.165) is 23.4 Å². The summed E-state index contributed by atoms with van der Waals surface area (Å²) in [4.78, 5) is 9.35. The van der Waals surface area contributed by atoms with Crippen molar-refractivity contribution in [2.75, 3.05) is 27.4 Å². The zero-order chi connectivity index (χ0) is 19.2. The van der Waals surface area contributed by atoms with Crippen molar-refractivity contribution in [3.8, 4) is 22.9 Å². The summed E-state index contributed by atoms with van der Waals surface area (Å²) in [7, 11) is 2.51. The zero-order valence-corrected chi connectivity index (χ0v) is 16.0. The average molecular weight is 372 g/mol. The van der Waals surface area contributed by atoms with E-state index < -0.39 is 7.12 Å². The lowest BCUT2D eigenvalue weighted by molar-refractivity contribution is 0.181. The first-order chi connectivity index (χ1) is 13.1. The molecule has 1 saturated heterocycles. The summed E-state index contributed by atoms with van der Waals surface area (Å²) in [6.07, 6.45) is 1.43. The number of aromatic nitrogens is 2. The molecule has 0 bridgehead atoms. The van der Waals surface area contributed by atoms with Crippen molar-refractivity contribution in [2.24, 2.45) is 0 Å². The number of methoxy groups -OCH3 is 2. The molecule has 1 aliphatic heterocycles. The maximum absolute atomic E-state index is 9.68. The van der Waals surface area contributed by atoms with Gasteiger partial charge in [0, 0.05) is 30.9 Å². The lowest BCUT2D eigenvalue weighted by Crippen LogP contribution is -2.09. The first kappa shape index (κ1) is 19.6.